The largest absolute Gasteiger partial charge is 0.494 e. The number of hydrogen-bond donors (Lipinski definition) is 1. The summed E-state index contributed by atoms with van der Waals surface area (Å²) in [7, 11) is 0. The highest BCUT2D eigenvalue weighted by molar-refractivity contribution is 6.42. The van der Waals surface area contributed by atoms with Gasteiger partial charge in [0.15, 0.2) is 0 Å². The molecule has 0 saturated carbocycles. The normalized spacial score (nSPS) is 18.8. The lowest BCUT2D eigenvalue weighted by Gasteiger charge is -2.32. The second-order valence-corrected chi connectivity index (χ2v) is 9.99. The van der Waals surface area contributed by atoms with Crippen LogP contribution in [0.25, 0.3) is 16.7 Å². The number of benzene rings is 2. The van der Waals surface area contributed by atoms with E-state index < -0.39 is 0 Å². The highest BCUT2D eigenvalue weighted by atomic mass is 35.5. The summed E-state index contributed by atoms with van der Waals surface area (Å²) in [5, 5.41) is 4.11. The smallest absolute Gasteiger partial charge is 0.223 e. The van der Waals surface area contributed by atoms with Gasteiger partial charge >= 0.3 is 0 Å². The van der Waals surface area contributed by atoms with Gasteiger partial charge in [-0.2, -0.15) is 0 Å². The van der Waals surface area contributed by atoms with Gasteiger partial charge in [-0.3, -0.25) is 9.36 Å². The highest BCUT2D eigenvalue weighted by Crippen LogP contribution is 2.35. The molecule has 2 fully saturated rings. The van der Waals surface area contributed by atoms with Crippen LogP contribution in [0.3, 0.4) is 0 Å². The number of amides is 1. The molecule has 186 valence electrons. The zero-order valence-corrected chi connectivity index (χ0v) is 21.3. The van der Waals surface area contributed by atoms with Gasteiger partial charge in [0.1, 0.15) is 5.75 Å². The summed E-state index contributed by atoms with van der Waals surface area (Å²) in [5.74, 6) is 1.75. The molecule has 35 heavy (non-hydrogen) atoms. The number of carbonyl (C=O) groups is 1. The molecule has 1 aromatic heterocycles. The number of imidazole rings is 1. The topological polar surface area (TPSA) is 68.6 Å². The first kappa shape index (κ1) is 24.2. The van der Waals surface area contributed by atoms with Crippen molar-refractivity contribution in [1.82, 2.24) is 14.9 Å². The van der Waals surface area contributed by atoms with E-state index in [0.717, 1.165) is 73.8 Å². The van der Waals surface area contributed by atoms with E-state index in [4.69, 9.17) is 37.7 Å². The number of hydrogen-bond acceptors (Lipinski definition) is 5. The van der Waals surface area contributed by atoms with Gasteiger partial charge in [-0.05, 0) is 49.9 Å². The molecule has 7 nitrogen and oxygen atoms in total. The predicted octanol–water partition coefficient (Wildman–Crippen LogP) is 5.24. The van der Waals surface area contributed by atoms with E-state index in [1.165, 1.54) is 0 Å². The first-order chi connectivity index (χ1) is 17.0. The summed E-state index contributed by atoms with van der Waals surface area (Å²) in [4.78, 5) is 20.0. The molecule has 2 saturated heterocycles. The zero-order chi connectivity index (χ0) is 24.4. The second-order valence-electron chi connectivity index (χ2n) is 9.18. The number of ether oxygens (including phenoxy) is 2. The molecular formula is C26H30Cl2N4O3. The third-order valence-electron chi connectivity index (χ3n) is 6.65. The van der Waals surface area contributed by atoms with E-state index in [1.54, 1.807) is 6.07 Å². The third-order valence-corrected chi connectivity index (χ3v) is 7.37. The molecular weight excluding hydrogens is 487 g/mol. The Labute approximate surface area is 215 Å². The van der Waals surface area contributed by atoms with Crippen molar-refractivity contribution in [2.45, 2.75) is 38.6 Å². The Morgan fingerprint density at radius 2 is 1.97 bits per heavy atom. The minimum Gasteiger partial charge on any atom is -0.494 e. The van der Waals surface area contributed by atoms with Crippen LogP contribution in [0.2, 0.25) is 10.0 Å². The van der Waals surface area contributed by atoms with Crippen LogP contribution in [0.5, 0.6) is 5.75 Å². The molecule has 3 heterocycles. The van der Waals surface area contributed by atoms with Crippen LogP contribution in [0.1, 0.15) is 32.6 Å². The number of nitrogens with one attached hydrogen (secondary N) is 1. The predicted molar refractivity (Wildman–Crippen MR) is 139 cm³/mol. The summed E-state index contributed by atoms with van der Waals surface area (Å²) in [5.41, 5.74) is 2.59. The van der Waals surface area contributed by atoms with Crippen molar-refractivity contribution in [1.29, 1.82) is 0 Å². The number of nitrogens with zero attached hydrogens (tertiary/aromatic N) is 3. The molecule has 0 unspecified atom stereocenters. The SMILES string of the molecule is CCCOc1cccc(-n2c(N3CCC(C(=O)N[C@@H]4CCOC4)CC3)nc3cc(Cl)c(Cl)cc32)c1. The number of aromatic nitrogens is 2. The maximum Gasteiger partial charge on any atom is 0.223 e. The Kier molecular flexibility index (Phi) is 7.37. The molecule has 2 aliphatic rings. The molecule has 1 amide bonds. The number of fused-ring (bicyclic) bond motifs is 1. The van der Waals surface area contributed by atoms with Crippen LogP contribution in [-0.2, 0) is 9.53 Å². The van der Waals surface area contributed by atoms with E-state index in [0.29, 0.717) is 23.3 Å². The second kappa shape index (κ2) is 10.6. The van der Waals surface area contributed by atoms with Gasteiger partial charge in [0.2, 0.25) is 11.9 Å². The lowest BCUT2D eigenvalue weighted by Crippen LogP contribution is -2.44. The van der Waals surface area contributed by atoms with Crippen molar-refractivity contribution in [3.8, 4) is 11.4 Å². The van der Waals surface area contributed by atoms with Crippen molar-refractivity contribution >= 4 is 46.1 Å². The lowest BCUT2D eigenvalue weighted by atomic mass is 9.95. The molecule has 5 rings (SSSR count). The Bertz CT molecular complexity index is 1200. The minimum absolute atomic E-state index is 0.000612. The summed E-state index contributed by atoms with van der Waals surface area (Å²) in [6.45, 7) is 5.54. The summed E-state index contributed by atoms with van der Waals surface area (Å²) >= 11 is 12.7. The monoisotopic (exact) mass is 516 g/mol. The van der Waals surface area contributed by atoms with Gasteiger partial charge in [-0.25, -0.2) is 4.98 Å². The number of carbonyl (C=O) groups excluding carboxylic acids is 1. The fourth-order valence-corrected chi connectivity index (χ4v) is 5.08. The van der Waals surface area contributed by atoms with Crippen LogP contribution in [0.15, 0.2) is 36.4 Å². The molecule has 0 radical (unpaired) electrons. The van der Waals surface area contributed by atoms with Crippen molar-refractivity contribution in [2.24, 2.45) is 5.92 Å². The van der Waals surface area contributed by atoms with Crippen LogP contribution in [0, 0.1) is 5.92 Å². The number of piperidine rings is 1. The summed E-state index contributed by atoms with van der Waals surface area (Å²) in [6.07, 6.45) is 3.36. The zero-order valence-electron chi connectivity index (χ0n) is 19.8. The van der Waals surface area contributed by atoms with Crippen LogP contribution >= 0.6 is 23.2 Å². The molecule has 0 aliphatic carbocycles. The average Bonchev–Trinajstić information content (AvgIpc) is 3.51. The first-order valence-corrected chi connectivity index (χ1v) is 13.0. The van der Waals surface area contributed by atoms with Gasteiger partial charge < -0.3 is 19.7 Å². The Balaban J connectivity index is 1.42. The first-order valence-electron chi connectivity index (χ1n) is 12.3. The number of anilines is 1. The maximum absolute atomic E-state index is 12.8. The minimum atomic E-state index is -0.000612. The van der Waals surface area contributed by atoms with Gasteiger partial charge in [0, 0.05) is 31.7 Å². The molecule has 0 bridgehead atoms. The molecule has 1 N–H and O–H groups in total. The van der Waals surface area contributed by atoms with Crippen LogP contribution in [-0.4, -0.2) is 54.4 Å². The summed E-state index contributed by atoms with van der Waals surface area (Å²) in [6, 6.07) is 11.8. The highest BCUT2D eigenvalue weighted by Gasteiger charge is 2.30. The number of rotatable bonds is 7. The van der Waals surface area contributed by atoms with Gasteiger partial charge in [0.05, 0.1) is 46.0 Å². The van der Waals surface area contributed by atoms with Gasteiger partial charge in [-0.1, -0.05) is 36.2 Å². The Morgan fingerprint density at radius 3 is 2.71 bits per heavy atom. The number of halogens is 2. The fourth-order valence-electron chi connectivity index (χ4n) is 4.77. The molecule has 3 aromatic rings. The standard InChI is InChI=1S/C26H30Cl2N4O3/c1-2-11-35-20-5-3-4-19(13-20)32-24-15-22(28)21(27)14-23(24)30-26(32)31-9-6-17(7-10-31)25(33)29-18-8-12-34-16-18/h3-5,13-15,17-18H,2,6-12,16H2,1H3,(H,29,33)/t18-/m1/s1. The van der Waals surface area contributed by atoms with Crippen molar-refractivity contribution in [3.63, 3.8) is 0 Å². The van der Waals surface area contributed by atoms with E-state index in [-0.39, 0.29) is 17.9 Å². The molecule has 1 atom stereocenters. The Morgan fingerprint density at radius 1 is 1.17 bits per heavy atom. The Hall–Kier alpha value is -2.48. The fraction of sp³-hybridized carbons (Fsp3) is 0.462. The quantitative estimate of drug-likeness (QED) is 0.464. The third kappa shape index (κ3) is 5.22. The maximum atomic E-state index is 12.8. The van der Waals surface area contributed by atoms with Gasteiger partial charge in [0.25, 0.3) is 0 Å². The van der Waals surface area contributed by atoms with Crippen LogP contribution in [0.4, 0.5) is 5.95 Å². The van der Waals surface area contributed by atoms with E-state index in [1.807, 2.05) is 30.3 Å². The lowest BCUT2D eigenvalue weighted by molar-refractivity contribution is -0.126. The molecule has 9 heteroatoms. The molecule has 2 aromatic carbocycles. The average molecular weight is 517 g/mol. The van der Waals surface area contributed by atoms with E-state index in [9.17, 15) is 4.79 Å². The van der Waals surface area contributed by atoms with E-state index >= 15 is 0 Å². The molecule has 0 spiro atoms. The van der Waals surface area contributed by atoms with Crippen molar-refractivity contribution < 1.29 is 14.3 Å². The molecule has 2 aliphatic heterocycles. The summed E-state index contributed by atoms with van der Waals surface area (Å²) < 4.78 is 13.4. The van der Waals surface area contributed by atoms with E-state index in [2.05, 4.69) is 21.7 Å². The van der Waals surface area contributed by atoms with Crippen LogP contribution < -0.4 is 15.0 Å². The van der Waals surface area contributed by atoms with Crippen molar-refractivity contribution in [3.05, 3.63) is 46.4 Å². The van der Waals surface area contributed by atoms with Gasteiger partial charge in [-0.15, -0.1) is 0 Å². The van der Waals surface area contributed by atoms with Crippen molar-refractivity contribution in [2.75, 3.05) is 37.8 Å².